The Kier molecular flexibility index (Phi) is 7.53. The smallest absolute Gasteiger partial charge is 0.236 e. The fourth-order valence-electron chi connectivity index (χ4n) is 4.30. The summed E-state index contributed by atoms with van der Waals surface area (Å²) < 4.78 is 3.06. The molecule has 6 rings (SSSR count). The van der Waals surface area contributed by atoms with Crippen LogP contribution in [0.2, 0.25) is 0 Å². The van der Waals surface area contributed by atoms with E-state index in [1.165, 1.54) is 28.7 Å². The molecule has 0 aliphatic rings. The Labute approximate surface area is 242 Å². The fraction of sp³-hybridized carbons (Fsp3) is 0.0667. The molecule has 1 amide bonds. The molecule has 6 aromatic rings. The van der Waals surface area contributed by atoms with Gasteiger partial charge >= 0.3 is 0 Å². The average molecular weight is 613 g/mol. The first-order chi connectivity index (χ1) is 19.1. The minimum Gasteiger partial charge on any atom is -0.301 e. The second-order valence-electron chi connectivity index (χ2n) is 8.78. The van der Waals surface area contributed by atoms with E-state index in [9.17, 15) is 4.79 Å². The van der Waals surface area contributed by atoms with Gasteiger partial charge < -0.3 is 5.32 Å². The molecule has 6 nitrogen and oxygen atoms in total. The average Bonchev–Trinajstić information content (AvgIpc) is 3.60. The van der Waals surface area contributed by atoms with Gasteiger partial charge in [0.15, 0.2) is 16.1 Å². The SMILES string of the molecule is O=C(CSc1nnc(-c2cccc3ccccc23)n1-c1ccccc1)Nc1ncc(Cc2ccc(Br)cc2)s1. The highest BCUT2D eigenvalue weighted by Gasteiger charge is 2.19. The second kappa shape index (κ2) is 11.5. The van der Waals surface area contributed by atoms with Gasteiger partial charge in [-0.15, -0.1) is 21.5 Å². The monoisotopic (exact) mass is 611 g/mol. The number of thiazole rings is 1. The molecule has 0 aliphatic carbocycles. The topological polar surface area (TPSA) is 72.7 Å². The lowest BCUT2D eigenvalue weighted by Gasteiger charge is -2.12. The zero-order valence-electron chi connectivity index (χ0n) is 20.6. The summed E-state index contributed by atoms with van der Waals surface area (Å²) in [6.07, 6.45) is 2.59. The number of aromatic nitrogens is 4. The maximum Gasteiger partial charge on any atom is 0.236 e. The molecule has 0 atom stereocenters. The normalized spacial score (nSPS) is 11.1. The zero-order valence-corrected chi connectivity index (χ0v) is 23.8. The van der Waals surface area contributed by atoms with Gasteiger partial charge in [0.1, 0.15) is 0 Å². The minimum absolute atomic E-state index is 0.140. The largest absolute Gasteiger partial charge is 0.301 e. The number of halogens is 1. The first-order valence-electron chi connectivity index (χ1n) is 12.2. The van der Waals surface area contributed by atoms with Crippen molar-refractivity contribution >= 4 is 60.8 Å². The number of benzene rings is 4. The van der Waals surface area contributed by atoms with E-state index < -0.39 is 0 Å². The van der Waals surface area contributed by atoms with E-state index in [1.54, 1.807) is 0 Å². The summed E-state index contributed by atoms with van der Waals surface area (Å²) in [7, 11) is 0. The summed E-state index contributed by atoms with van der Waals surface area (Å²) >= 11 is 6.30. The van der Waals surface area contributed by atoms with Crippen LogP contribution >= 0.6 is 39.0 Å². The molecule has 1 N–H and O–H groups in total. The molecule has 0 unspecified atom stereocenters. The molecule has 2 heterocycles. The lowest BCUT2D eigenvalue weighted by atomic mass is 10.0. The third kappa shape index (κ3) is 5.80. The Morgan fingerprint density at radius 1 is 0.897 bits per heavy atom. The van der Waals surface area contributed by atoms with E-state index in [-0.39, 0.29) is 11.7 Å². The van der Waals surface area contributed by atoms with Crippen molar-refractivity contribution in [2.24, 2.45) is 0 Å². The van der Waals surface area contributed by atoms with Crippen molar-refractivity contribution in [3.8, 4) is 17.1 Å². The Morgan fingerprint density at radius 2 is 1.67 bits per heavy atom. The van der Waals surface area contributed by atoms with E-state index in [0.29, 0.717) is 10.3 Å². The van der Waals surface area contributed by atoms with Gasteiger partial charge in [0, 0.05) is 33.2 Å². The summed E-state index contributed by atoms with van der Waals surface area (Å²) in [6.45, 7) is 0. The molecule has 192 valence electrons. The molecular weight excluding hydrogens is 590 g/mol. The molecular formula is C30H22BrN5OS2. The summed E-state index contributed by atoms with van der Waals surface area (Å²) in [5.41, 5.74) is 3.12. The number of anilines is 1. The van der Waals surface area contributed by atoms with E-state index >= 15 is 0 Å². The molecule has 39 heavy (non-hydrogen) atoms. The number of para-hydroxylation sites is 1. The summed E-state index contributed by atoms with van der Waals surface area (Å²) in [5.74, 6) is 0.777. The van der Waals surface area contributed by atoms with E-state index in [0.717, 1.165) is 43.6 Å². The van der Waals surface area contributed by atoms with Crippen LogP contribution in [-0.2, 0) is 11.2 Å². The van der Waals surface area contributed by atoms with E-state index in [1.807, 2.05) is 71.4 Å². The molecule has 0 spiro atoms. The van der Waals surface area contributed by atoms with Crippen LogP contribution in [0.1, 0.15) is 10.4 Å². The molecule has 0 saturated heterocycles. The first-order valence-corrected chi connectivity index (χ1v) is 14.8. The highest BCUT2D eigenvalue weighted by Crippen LogP contribution is 2.32. The number of hydrogen-bond acceptors (Lipinski definition) is 6. The van der Waals surface area contributed by atoms with Crippen LogP contribution in [-0.4, -0.2) is 31.4 Å². The van der Waals surface area contributed by atoms with Crippen LogP contribution in [0.5, 0.6) is 0 Å². The van der Waals surface area contributed by atoms with Gasteiger partial charge in [-0.1, -0.05) is 100 Å². The molecule has 0 radical (unpaired) electrons. The molecule has 0 aliphatic heterocycles. The number of carbonyl (C=O) groups excluding carboxylic acids is 1. The van der Waals surface area contributed by atoms with Crippen LogP contribution in [0.4, 0.5) is 5.13 Å². The molecule has 0 saturated carbocycles. The number of nitrogens with zero attached hydrogens (tertiary/aromatic N) is 4. The van der Waals surface area contributed by atoms with Crippen LogP contribution in [0.25, 0.3) is 27.8 Å². The van der Waals surface area contributed by atoms with Crippen LogP contribution < -0.4 is 5.32 Å². The van der Waals surface area contributed by atoms with E-state index in [4.69, 9.17) is 0 Å². The third-order valence-electron chi connectivity index (χ3n) is 6.10. The van der Waals surface area contributed by atoms with Crippen molar-refractivity contribution in [2.75, 3.05) is 11.1 Å². The number of thioether (sulfide) groups is 1. The Hall–Kier alpha value is -3.79. The predicted octanol–water partition coefficient (Wildman–Crippen LogP) is 7.63. The maximum atomic E-state index is 12.9. The third-order valence-corrected chi connectivity index (χ3v) is 8.47. The Bertz CT molecular complexity index is 1740. The van der Waals surface area contributed by atoms with Crippen molar-refractivity contribution in [1.82, 2.24) is 19.7 Å². The highest BCUT2D eigenvalue weighted by molar-refractivity contribution is 9.10. The van der Waals surface area contributed by atoms with Gasteiger partial charge in [-0.3, -0.25) is 9.36 Å². The quantitative estimate of drug-likeness (QED) is 0.179. The number of carbonyl (C=O) groups is 1. The summed E-state index contributed by atoms with van der Waals surface area (Å²) in [4.78, 5) is 18.3. The standard InChI is InChI=1S/C30H22BrN5OS2/c31-22-15-13-20(14-16-22)17-24-18-32-29(39-24)33-27(37)19-38-30-35-34-28(36(30)23-9-2-1-3-10-23)26-12-6-8-21-7-4-5-11-25(21)26/h1-16,18H,17,19H2,(H,32,33,37). The molecule has 4 aromatic carbocycles. The first kappa shape index (κ1) is 25.5. The van der Waals surface area contributed by atoms with E-state index in [2.05, 4.69) is 72.8 Å². The molecule has 0 fully saturated rings. The van der Waals surface area contributed by atoms with Crippen LogP contribution in [0.15, 0.2) is 113 Å². The van der Waals surface area contributed by atoms with Crippen molar-refractivity contribution < 1.29 is 4.79 Å². The minimum atomic E-state index is -0.140. The zero-order chi connectivity index (χ0) is 26.6. The highest BCUT2D eigenvalue weighted by atomic mass is 79.9. The number of rotatable bonds is 8. The number of hydrogen-bond donors (Lipinski definition) is 1. The van der Waals surface area contributed by atoms with Crippen LogP contribution in [0.3, 0.4) is 0 Å². The second-order valence-corrected chi connectivity index (χ2v) is 11.7. The maximum absolute atomic E-state index is 12.9. The molecule has 0 bridgehead atoms. The lowest BCUT2D eigenvalue weighted by Crippen LogP contribution is -2.14. The van der Waals surface area contributed by atoms with Crippen molar-refractivity contribution in [3.63, 3.8) is 0 Å². The Morgan fingerprint density at radius 3 is 2.51 bits per heavy atom. The summed E-state index contributed by atoms with van der Waals surface area (Å²) in [6, 6.07) is 32.6. The number of nitrogens with one attached hydrogen (secondary N) is 1. The van der Waals surface area contributed by atoms with Gasteiger partial charge in [-0.05, 0) is 40.6 Å². The fourth-order valence-corrected chi connectivity index (χ4v) is 6.18. The van der Waals surface area contributed by atoms with Crippen molar-refractivity contribution in [1.29, 1.82) is 0 Å². The predicted molar refractivity (Wildman–Crippen MR) is 163 cm³/mol. The van der Waals surface area contributed by atoms with Gasteiger partial charge in [-0.2, -0.15) is 0 Å². The van der Waals surface area contributed by atoms with Crippen molar-refractivity contribution in [3.05, 3.63) is 118 Å². The van der Waals surface area contributed by atoms with Gasteiger partial charge in [0.2, 0.25) is 5.91 Å². The molecule has 2 aromatic heterocycles. The number of amides is 1. The summed E-state index contributed by atoms with van der Waals surface area (Å²) in [5, 5.41) is 15.5. The van der Waals surface area contributed by atoms with Gasteiger partial charge in [0.05, 0.1) is 5.75 Å². The van der Waals surface area contributed by atoms with Crippen molar-refractivity contribution in [2.45, 2.75) is 11.6 Å². The van der Waals surface area contributed by atoms with Gasteiger partial charge in [0.25, 0.3) is 0 Å². The Balaban J connectivity index is 1.20. The lowest BCUT2D eigenvalue weighted by molar-refractivity contribution is -0.113. The number of fused-ring (bicyclic) bond motifs is 1. The van der Waals surface area contributed by atoms with Gasteiger partial charge in [-0.25, -0.2) is 4.98 Å². The molecule has 9 heteroatoms. The van der Waals surface area contributed by atoms with Crippen LogP contribution in [0, 0.1) is 0 Å².